The van der Waals surface area contributed by atoms with Crippen molar-refractivity contribution in [3.05, 3.63) is 23.8 Å². The number of hydrogen-bond acceptors (Lipinski definition) is 4. The molecule has 0 radical (unpaired) electrons. The van der Waals surface area contributed by atoms with Crippen molar-refractivity contribution < 1.29 is 19.0 Å². The number of ether oxygens (including phenoxy) is 3. The summed E-state index contributed by atoms with van der Waals surface area (Å²) in [6.45, 7) is 3.69. The van der Waals surface area contributed by atoms with E-state index >= 15 is 0 Å². The lowest BCUT2D eigenvalue weighted by Gasteiger charge is -2.18. The quantitative estimate of drug-likeness (QED) is 0.752. The van der Waals surface area contributed by atoms with Gasteiger partial charge < -0.3 is 14.2 Å². The number of Topliss-reactive ketones (excluding diaryl/α,β-unsaturated/α-hetero) is 1. The molecule has 1 aliphatic heterocycles. The van der Waals surface area contributed by atoms with E-state index in [0.29, 0.717) is 43.3 Å². The van der Waals surface area contributed by atoms with Crippen molar-refractivity contribution in [3.8, 4) is 11.5 Å². The summed E-state index contributed by atoms with van der Waals surface area (Å²) in [6.07, 6.45) is 0.480. The topological polar surface area (TPSA) is 44.8 Å². The van der Waals surface area contributed by atoms with Crippen LogP contribution in [0.15, 0.2) is 18.2 Å². The third-order valence-electron chi connectivity index (χ3n) is 2.85. The second-order valence-electron chi connectivity index (χ2n) is 4.55. The van der Waals surface area contributed by atoms with Gasteiger partial charge in [0, 0.05) is 25.7 Å². The maximum absolute atomic E-state index is 12.1. The number of rotatable bonds is 5. The van der Waals surface area contributed by atoms with Crippen LogP contribution >= 0.6 is 0 Å². The zero-order valence-electron chi connectivity index (χ0n) is 10.8. The number of carbonyl (C=O) groups excluding carboxylic acids is 1. The number of benzene rings is 1. The smallest absolute Gasteiger partial charge is 0.163 e. The fourth-order valence-corrected chi connectivity index (χ4v) is 1.99. The third kappa shape index (κ3) is 3.01. The molecule has 0 aromatic heterocycles. The first-order valence-corrected chi connectivity index (χ1v) is 6.12. The molecule has 0 saturated carbocycles. The Hall–Kier alpha value is -1.55. The zero-order chi connectivity index (χ0) is 13.0. The van der Waals surface area contributed by atoms with E-state index in [0.717, 1.165) is 0 Å². The van der Waals surface area contributed by atoms with Gasteiger partial charge in [0.15, 0.2) is 17.3 Å². The van der Waals surface area contributed by atoms with Crippen molar-refractivity contribution in [1.29, 1.82) is 0 Å². The van der Waals surface area contributed by atoms with E-state index in [1.165, 1.54) is 0 Å². The molecule has 4 heteroatoms. The van der Waals surface area contributed by atoms with Crippen molar-refractivity contribution >= 4 is 5.78 Å². The van der Waals surface area contributed by atoms with Crippen LogP contribution in [0.2, 0.25) is 0 Å². The molecule has 1 unspecified atom stereocenters. The summed E-state index contributed by atoms with van der Waals surface area (Å²) in [5.74, 6) is 1.70. The van der Waals surface area contributed by atoms with Gasteiger partial charge in [-0.2, -0.15) is 0 Å². The SMILES string of the molecule is COCC(C)CC(=O)c1ccc2c(c1)OCCO2. The minimum atomic E-state index is 0.108. The first kappa shape index (κ1) is 12.9. The molecule has 1 aliphatic rings. The van der Waals surface area contributed by atoms with Gasteiger partial charge in [0.2, 0.25) is 0 Å². The number of methoxy groups -OCH3 is 1. The summed E-state index contributed by atoms with van der Waals surface area (Å²) >= 11 is 0. The van der Waals surface area contributed by atoms with E-state index in [-0.39, 0.29) is 11.7 Å². The monoisotopic (exact) mass is 250 g/mol. The Morgan fingerprint density at radius 1 is 1.33 bits per heavy atom. The summed E-state index contributed by atoms with van der Waals surface area (Å²) in [6, 6.07) is 5.34. The maximum atomic E-state index is 12.1. The average molecular weight is 250 g/mol. The lowest BCUT2D eigenvalue weighted by Crippen LogP contribution is -2.16. The molecule has 1 heterocycles. The highest BCUT2D eigenvalue weighted by Gasteiger charge is 2.16. The third-order valence-corrected chi connectivity index (χ3v) is 2.85. The fraction of sp³-hybridized carbons (Fsp3) is 0.500. The zero-order valence-corrected chi connectivity index (χ0v) is 10.8. The van der Waals surface area contributed by atoms with E-state index < -0.39 is 0 Å². The molecule has 0 spiro atoms. The predicted octanol–water partition coefficient (Wildman–Crippen LogP) is 2.31. The van der Waals surface area contributed by atoms with Gasteiger partial charge in [-0.25, -0.2) is 0 Å². The number of hydrogen-bond donors (Lipinski definition) is 0. The van der Waals surface area contributed by atoms with Crippen LogP contribution < -0.4 is 9.47 Å². The van der Waals surface area contributed by atoms with Gasteiger partial charge in [-0.3, -0.25) is 4.79 Å². The molecule has 0 amide bonds. The molecular formula is C14H18O4. The van der Waals surface area contributed by atoms with E-state index in [4.69, 9.17) is 14.2 Å². The van der Waals surface area contributed by atoms with Crippen LogP contribution in [0.5, 0.6) is 11.5 Å². The molecule has 1 aromatic carbocycles. The first-order valence-electron chi connectivity index (χ1n) is 6.12. The Labute approximate surface area is 107 Å². The summed E-state index contributed by atoms with van der Waals surface area (Å²) in [4.78, 5) is 12.1. The lowest BCUT2D eigenvalue weighted by atomic mass is 10.00. The van der Waals surface area contributed by atoms with Gasteiger partial charge in [0.25, 0.3) is 0 Å². The number of carbonyl (C=O) groups is 1. The van der Waals surface area contributed by atoms with Gasteiger partial charge in [0.1, 0.15) is 13.2 Å². The summed E-state index contributed by atoms with van der Waals surface area (Å²) in [5, 5.41) is 0. The highest BCUT2D eigenvalue weighted by Crippen LogP contribution is 2.31. The Bertz CT molecular complexity index is 428. The highest BCUT2D eigenvalue weighted by molar-refractivity contribution is 5.96. The normalized spacial score (nSPS) is 15.2. The van der Waals surface area contributed by atoms with Crippen molar-refractivity contribution in [2.75, 3.05) is 26.9 Å². The van der Waals surface area contributed by atoms with Crippen LogP contribution in [0.3, 0.4) is 0 Å². The van der Waals surface area contributed by atoms with Crippen LogP contribution in [-0.4, -0.2) is 32.7 Å². The van der Waals surface area contributed by atoms with E-state index in [2.05, 4.69) is 0 Å². The van der Waals surface area contributed by atoms with Crippen LogP contribution in [0.4, 0.5) is 0 Å². The molecule has 98 valence electrons. The molecule has 18 heavy (non-hydrogen) atoms. The van der Waals surface area contributed by atoms with Crippen LogP contribution in [-0.2, 0) is 4.74 Å². The van der Waals surface area contributed by atoms with Gasteiger partial charge >= 0.3 is 0 Å². The summed E-state index contributed by atoms with van der Waals surface area (Å²) in [5.41, 5.74) is 0.669. The van der Waals surface area contributed by atoms with Gasteiger partial charge in [-0.15, -0.1) is 0 Å². The summed E-state index contributed by atoms with van der Waals surface area (Å²) in [7, 11) is 1.64. The maximum Gasteiger partial charge on any atom is 0.163 e. The standard InChI is InChI=1S/C14H18O4/c1-10(9-16-2)7-12(15)11-3-4-13-14(8-11)18-6-5-17-13/h3-4,8,10H,5-7,9H2,1-2H3. The molecule has 0 aliphatic carbocycles. The number of ketones is 1. The molecule has 2 rings (SSSR count). The highest BCUT2D eigenvalue weighted by atomic mass is 16.6. The Kier molecular flexibility index (Phi) is 4.20. The van der Waals surface area contributed by atoms with E-state index in [1.807, 2.05) is 6.92 Å². The van der Waals surface area contributed by atoms with Gasteiger partial charge in [-0.05, 0) is 24.1 Å². The largest absolute Gasteiger partial charge is 0.486 e. The van der Waals surface area contributed by atoms with Crippen molar-refractivity contribution in [2.24, 2.45) is 5.92 Å². The van der Waals surface area contributed by atoms with Crippen LogP contribution in [0.1, 0.15) is 23.7 Å². The Balaban J connectivity index is 2.06. The second kappa shape index (κ2) is 5.87. The second-order valence-corrected chi connectivity index (χ2v) is 4.55. The average Bonchev–Trinajstić information content (AvgIpc) is 2.38. The Morgan fingerprint density at radius 3 is 2.78 bits per heavy atom. The summed E-state index contributed by atoms with van der Waals surface area (Å²) < 4.78 is 15.9. The van der Waals surface area contributed by atoms with Crippen LogP contribution in [0.25, 0.3) is 0 Å². The molecule has 4 nitrogen and oxygen atoms in total. The molecule has 0 fully saturated rings. The molecular weight excluding hydrogens is 232 g/mol. The molecule has 0 N–H and O–H groups in total. The first-order chi connectivity index (χ1) is 8.70. The van der Waals surface area contributed by atoms with Crippen LogP contribution in [0, 0.1) is 5.92 Å². The van der Waals surface area contributed by atoms with Crippen molar-refractivity contribution in [2.45, 2.75) is 13.3 Å². The van der Waals surface area contributed by atoms with Gasteiger partial charge in [0.05, 0.1) is 0 Å². The van der Waals surface area contributed by atoms with Crippen molar-refractivity contribution in [1.82, 2.24) is 0 Å². The van der Waals surface area contributed by atoms with E-state index in [9.17, 15) is 4.79 Å². The number of fused-ring (bicyclic) bond motifs is 1. The molecule has 0 bridgehead atoms. The molecule has 1 atom stereocenters. The van der Waals surface area contributed by atoms with E-state index in [1.54, 1.807) is 25.3 Å². The van der Waals surface area contributed by atoms with Crippen molar-refractivity contribution in [3.63, 3.8) is 0 Å². The lowest BCUT2D eigenvalue weighted by molar-refractivity contribution is 0.0919. The minimum Gasteiger partial charge on any atom is -0.486 e. The predicted molar refractivity (Wildman–Crippen MR) is 67.4 cm³/mol. The molecule has 0 saturated heterocycles. The minimum absolute atomic E-state index is 0.108. The van der Waals surface area contributed by atoms with Gasteiger partial charge in [-0.1, -0.05) is 6.92 Å². The Morgan fingerprint density at radius 2 is 2.06 bits per heavy atom. The fourth-order valence-electron chi connectivity index (χ4n) is 1.99. The molecule has 1 aromatic rings.